The van der Waals surface area contributed by atoms with Gasteiger partial charge in [-0.15, -0.1) is 0 Å². The van der Waals surface area contributed by atoms with Crippen LogP contribution in [0.2, 0.25) is 0 Å². The van der Waals surface area contributed by atoms with Gasteiger partial charge < -0.3 is 4.90 Å². The van der Waals surface area contributed by atoms with E-state index in [4.69, 9.17) is 0 Å². The van der Waals surface area contributed by atoms with E-state index < -0.39 is 0 Å². The van der Waals surface area contributed by atoms with Crippen molar-refractivity contribution in [3.05, 3.63) is 108 Å². The Bertz CT molecular complexity index is 1060. The molecular formula is C27H25N. The molecule has 0 spiro atoms. The van der Waals surface area contributed by atoms with Gasteiger partial charge in [0, 0.05) is 18.3 Å². The minimum Gasteiger partial charge on any atom is -0.344 e. The monoisotopic (exact) mass is 363 g/mol. The van der Waals surface area contributed by atoms with Crippen molar-refractivity contribution in [1.29, 1.82) is 0 Å². The van der Waals surface area contributed by atoms with E-state index in [1.54, 1.807) is 0 Å². The molecule has 4 rings (SSSR count). The van der Waals surface area contributed by atoms with Gasteiger partial charge in [0.05, 0.1) is 5.69 Å². The summed E-state index contributed by atoms with van der Waals surface area (Å²) in [6.07, 6.45) is 0. The molecule has 0 aliphatic carbocycles. The molecule has 0 bridgehead atoms. The summed E-state index contributed by atoms with van der Waals surface area (Å²) in [7, 11) is 2.16. The number of hydrogen-bond donors (Lipinski definition) is 0. The van der Waals surface area contributed by atoms with Gasteiger partial charge in [-0.1, -0.05) is 90.5 Å². The predicted molar refractivity (Wildman–Crippen MR) is 121 cm³/mol. The summed E-state index contributed by atoms with van der Waals surface area (Å²) in [5.74, 6) is 0. The van der Waals surface area contributed by atoms with Crippen LogP contribution in [0.15, 0.2) is 97.1 Å². The van der Waals surface area contributed by atoms with Gasteiger partial charge in [-0.25, -0.2) is 0 Å². The molecule has 0 N–H and O–H groups in total. The third-order valence-corrected chi connectivity index (χ3v) is 5.36. The lowest BCUT2D eigenvalue weighted by molar-refractivity contribution is 1.18. The van der Waals surface area contributed by atoms with E-state index in [-0.39, 0.29) is 0 Å². The predicted octanol–water partition coefficient (Wildman–Crippen LogP) is 7.41. The summed E-state index contributed by atoms with van der Waals surface area (Å²) in [4.78, 5) is 2.31. The van der Waals surface area contributed by atoms with E-state index in [1.807, 2.05) is 0 Å². The highest BCUT2D eigenvalue weighted by atomic mass is 15.1. The summed E-state index contributed by atoms with van der Waals surface area (Å²) in [6.45, 7) is 4.36. The molecule has 4 aromatic carbocycles. The average molecular weight is 364 g/mol. The maximum Gasteiger partial charge on any atom is 0.0523 e. The topological polar surface area (TPSA) is 3.24 Å². The fraction of sp³-hybridized carbons (Fsp3) is 0.111. The molecule has 0 atom stereocenters. The Morgan fingerprint density at radius 2 is 1.04 bits per heavy atom. The minimum atomic E-state index is 1.19. The van der Waals surface area contributed by atoms with Gasteiger partial charge in [0.25, 0.3) is 0 Å². The van der Waals surface area contributed by atoms with Crippen LogP contribution < -0.4 is 4.90 Å². The molecule has 0 aromatic heterocycles. The SMILES string of the molecule is Cc1ccc(N(C)c2c(-c3ccccc3)ccc(-c3ccccc3)c2C)cc1. The highest BCUT2D eigenvalue weighted by Crippen LogP contribution is 2.41. The number of hydrogen-bond acceptors (Lipinski definition) is 1. The van der Waals surface area contributed by atoms with Gasteiger partial charge in [-0.3, -0.25) is 0 Å². The molecule has 0 aliphatic heterocycles. The van der Waals surface area contributed by atoms with E-state index in [0.29, 0.717) is 0 Å². The maximum atomic E-state index is 2.31. The molecule has 0 fully saturated rings. The number of rotatable bonds is 4. The molecule has 0 amide bonds. The fourth-order valence-electron chi connectivity index (χ4n) is 3.81. The van der Waals surface area contributed by atoms with Crippen LogP contribution in [-0.2, 0) is 0 Å². The van der Waals surface area contributed by atoms with Crippen LogP contribution in [0.5, 0.6) is 0 Å². The zero-order valence-corrected chi connectivity index (χ0v) is 16.7. The number of anilines is 2. The van der Waals surface area contributed by atoms with Crippen molar-refractivity contribution < 1.29 is 0 Å². The van der Waals surface area contributed by atoms with Gasteiger partial charge in [0.2, 0.25) is 0 Å². The molecule has 1 heteroatoms. The quantitative estimate of drug-likeness (QED) is 0.365. The maximum absolute atomic E-state index is 2.31. The Morgan fingerprint density at radius 3 is 1.61 bits per heavy atom. The van der Waals surface area contributed by atoms with Crippen molar-refractivity contribution >= 4 is 11.4 Å². The standard InChI is InChI=1S/C27H25N/c1-20-14-16-24(17-15-20)28(3)27-21(2)25(22-10-6-4-7-11-22)18-19-26(27)23-12-8-5-9-13-23/h4-19H,1-3H3. The van der Waals surface area contributed by atoms with Gasteiger partial charge in [-0.05, 0) is 48.2 Å². The first kappa shape index (κ1) is 18.1. The second-order valence-corrected chi connectivity index (χ2v) is 7.26. The van der Waals surface area contributed by atoms with Crippen molar-refractivity contribution in [2.24, 2.45) is 0 Å². The zero-order valence-electron chi connectivity index (χ0n) is 16.7. The Hall–Kier alpha value is -3.32. The Kier molecular flexibility index (Phi) is 4.99. The molecule has 1 nitrogen and oxygen atoms in total. The molecule has 138 valence electrons. The van der Waals surface area contributed by atoms with Crippen LogP contribution in [0.3, 0.4) is 0 Å². The third kappa shape index (κ3) is 3.44. The molecule has 0 aliphatic rings. The molecule has 28 heavy (non-hydrogen) atoms. The Labute approximate surface area is 167 Å². The van der Waals surface area contributed by atoms with Crippen LogP contribution in [0.1, 0.15) is 11.1 Å². The van der Waals surface area contributed by atoms with Gasteiger partial charge in [0.1, 0.15) is 0 Å². The summed E-state index contributed by atoms with van der Waals surface area (Å²) in [5, 5.41) is 0. The van der Waals surface area contributed by atoms with Crippen LogP contribution in [0, 0.1) is 13.8 Å². The van der Waals surface area contributed by atoms with Crippen LogP contribution >= 0.6 is 0 Å². The van der Waals surface area contributed by atoms with Crippen LogP contribution in [0.4, 0.5) is 11.4 Å². The van der Waals surface area contributed by atoms with Crippen molar-refractivity contribution in [3.63, 3.8) is 0 Å². The zero-order chi connectivity index (χ0) is 19.5. The minimum absolute atomic E-state index is 1.19. The molecule has 0 saturated carbocycles. The fourth-order valence-corrected chi connectivity index (χ4v) is 3.81. The highest BCUT2D eigenvalue weighted by Gasteiger charge is 2.17. The Morgan fingerprint density at radius 1 is 0.536 bits per heavy atom. The summed E-state index contributed by atoms with van der Waals surface area (Å²) in [5.41, 5.74) is 10.0. The lowest BCUT2D eigenvalue weighted by Crippen LogP contribution is -2.13. The first-order chi connectivity index (χ1) is 13.6. The van der Waals surface area contributed by atoms with E-state index in [2.05, 4.69) is 123 Å². The van der Waals surface area contributed by atoms with Crippen LogP contribution in [0.25, 0.3) is 22.3 Å². The van der Waals surface area contributed by atoms with E-state index in [9.17, 15) is 0 Å². The molecule has 0 saturated heterocycles. The molecule has 0 radical (unpaired) electrons. The van der Waals surface area contributed by atoms with E-state index >= 15 is 0 Å². The Balaban J connectivity index is 1.93. The van der Waals surface area contributed by atoms with Crippen molar-refractivity contribution in [2.45, 2.75) is 13.8 Å². The molecule has 0 heterocycles. The highest BCUT2D eigenvalue weighted by molar-refractivity contribution is 5.89. The summed E-state index contributed by atoms with van der Waals surface area (Å²) in [6, 6.07) is 34.5. The number of benzene rings is 4. The normalized spacial score (nSPS) is 10.7. The first-order valence-electron chi connectivity index (χ1n) is 9.70. The van der Waals surface area contributed by atoms with E-state index in [0.717, 1.165) is 0 Å². The number of nitrogens with zero attached hydrogens (tertiary/aromatic N) is 1. The summed E-state index contributed by atoms with van der Waals surface area (Å²) >= 11 is 0. The second-order valence-electron chi connectivity index (χ2n) is 7.26. The lowest BCUT2D eigenvalue weighted by Gasteiger charge is -2.27. The van der Waals surface area contributed by atoms with Crippen molar-refractivity contribution in [1.82, 2.24) is 0 Å². The molecule has 4 aromatic rings. The van der Waals surface area contributed by atoms with E-state index in [1.165, 1.54) is 44.8 Å². The van der Waals surface area contributed by atoms with Crippen molar-refractivity contribution in [3.8, 4) is 22.3 Å². The van der Waals surface area contributed by atoms with Crippen molar-refractivity contribution in [2.75, 3.05) is 11.9 Å². The molecular weight excluding hydrogens is 338 g/mol. The van der Waals surface area contributed by atoms with Crippen LogP contribution in [-0.4, -0.2) is 7.05 Å². The third-order valence-electron chi connectivity index (χ3n) is 5.36. The van der Waals surface area contributed by atoms with Gasteiger partial charge >= 0.3 is 0 Å². The van der Waals surface area contributed by atoms with Gasteiger partial charge in [-0.2, -0.15) is 0 Å². The largest absolute Gasteiger partial charge is 0.344 e. The smallest absolute Gasteiger partial charge is 0.0523 e. The lowest BCUT2D eigenvalue weighted by atomic mass is 9.92. The second kappa shape index (κ2) is 7.74. The first-order valence-corrected chi connectivity index (χ1v) is 9.70. The van der Waals surface area contributed by atoms with Gasteiger partial charge in [0.15, 0.2) is 0 Å². The summed E-state index contributed by atoms with van der Waals surface area (Å²) < 4.78 is 0. The molecule has 0 unspecified atom stereocenters. The number of aryl methyl sites for hydroxylation is 1. The average Bonchev–Trinajstić information content (AvgIpc) is 2.75.